The van der Waals surface area contributed by atoms with Crippen molar-refractivity contribution in [1.29, 1.82) is 0 Å². The third-order valence-corrected chi connectivity index (χ3v) is 4.56. The van der Waals surface area contributed by atoms with Gasteiger partial charge in [-0.2, -0.15) is 12.1 Å². The molecule has 3 aromatic rings. The van der Waals surface area contributed by atoms with Gasteiger partial charge < -0.3 is 35.1 Å². The van der Waals surface area contributed by atoms with E-state index in [1.165, 1.54) is 26.0 Å². The number of terminal acetylenes is 1. The minimum Gasteiger partial charge on any atom is -0.748 e. The first-order valence-electron chi connectivity index (χ1n) is 9.21. The van der Waals surface area contributed by atoms with E-state index in [9.17, 15) is 18.8 Å². The summed E-state index contributed by atoms with van der Waals surface area (Å²) in [5.74, 6) is -0.766. The van der Waals surface area contributed by atoms with E-state index in [1.54, 1.807) is 24.3 Å². The molecule has 166 valence electrons. The average molecular weight is 460 g/mol. The first kappa shape index (κ1) is 25.8. The van der Waals surface area contributed by atoms with Gasteiger partial charge in [-0.15, -0.1) is 12.0 Å². The summed E-state index contributed by atoms with van der Waals surface area (Å²) in [6.45, 7) is 2.67. The zero-order chi connectivity index (χ0) is 22.1. The van der Waals surface area contributed by atoms with Gasteiger partial charge in [-0.05, 0) is 37.5 Å². The SMILES string of the molecule is C#CC(=O)C(C(=O)OC(C)C(C)=O)(c1ccc(F)cc1)[c-]1cccc1.[Fe].[cH-]1[cH-][cH-][cH-][cH-]1. The molecule has 6 heteroatoms. The zero-order valence-electron chi connectivity index (χ0n) is 17.0. The number of halogens is 1. The molecule has 0 bridgehead atoms. The summed E-state index contributed by atoms with van der Waals surface area (Å²) in [6.07, 6.45) is 4.26. The molecule has 0 N–H and O–H groups in total. The van der Waals surface area contributed by atoms with Crippen LogP contribution in [0.4, 0.5) is 4.39 Å². The van der Waals surface area contributed by atoms with Crippen molar-refractivity contribution in [3.8, 4) is 12.3 Å². The molecular weight excluding hydrogens is 439 g/mol. The number of carbonyl (C=O) groups is 3. The second-order valence-electron chi connectivity index (χ2n) is 6.52. The van der Waals surface area contributed by atoms with Gasteiger partial charge >= 0.3 is 5.97 Å². The van der Waals surface area contributed by atoms with E-state index >= 15 is 0 Å². The van der Waals surface area contributed by atoms with E-state index in [1.807, 2.05) is 36.3 Å². The molecule has 0 spiro atoms. The van der Waals surface area contributed by atoms with E-state index in [0.717, 1.165) is 12.1 Å². The monoisotopic (exact) mass is 460 g/mol. The van der Waals surface area contributed by atoms with Crippen molar-refractivity contribution in [1.82, 2.24) is 0 Å². The Morgan fingerprint density at radius 3 is 1.97 bits per heavy atom. The van der Waals surface area contributed by atoms with Crippen molar-refractivity contribution in [2.45, 2.75) is 25.4 Å². The van der Waals surface area contributed by atoms with E-state index in [4.69, 9.17) is 11.2 Å². The molecule has 4 nitrogen and oxygen atoms in total. The standard InChI is InChI=1S/C20H16FO4.C5H5.Fe/c1-4-18(23)20(15-7-5-6-8-15,16-9-11-17(21)12-10-16)19(24)25-14(3)13(2)22;1-2-4-5-3-1;/h1,5-12,14H,2-3H3;1-5H;/q-1;-5;. The summed E-state index contributed by atoms with van der Waals surface area (Å²) >= 11 is 0. The minimum absolute atomic E-state index is 0. The number of Topliss-reactive ketones (excluding diaryl/α,β-unsaturated/α-hetero) is 2. The van der Waals surface area contributed by atoms with E-state index in [0.29, 0.717) is 5.56 Å². The van der Waals surface area contributed by atoms with E-state index < -0.39 is 29.1 Å². The molecule has 0 aliphatic rings. The van der Waals surface area contributed by atoms with Crippen molar-refractivity contribution in [3.05, 3.63) is 95.8 Å². The van der Waals surface area contributed by atoms with Crippen molar-refractivity contribution in [2.24, 2.45) is 0 Å². The molecule has 0 aliphatic carbocycles. The third kappa shape index (κ3) is 5.88. The van der Waals surface area contributed by atoms with Crippen LogP contribution in [0.5, 0.6) is 0 Å². The molecule has 0 fully saturated rings. The smallest absolute Gasteiger partial charge is 0.318 e. The van der Waals surface area contributed by atoms with Gasteiger partial charge in [0, 0.05) is 17.1 Å². The number of carbonyl (C=O) groups excluding carboxylic acids is 3. The Balaban J connectivity index is 0.000000701. The van der Waals surface area contributed by atoms with Gasteiger partial charge in [-0.25, -0.2) is 16.5 Å². The first-order valence-corrected chi connectivity index (χ1v) is 9.21. The van der Waals surface area contributed by atoms with Gasteiger partial charge in [0.25, 0.3) is 0 Å². The molecule has 0 aliphatic heterocycles. The number of hydrogen-bond acceptors (Lipinski definition) is 4. The van der Waals surface area contributed by atoms with Crippen LogP contribution in [0, 0.1) is 18.2 Å². The molecule has 2 unspecified atom stereocenters. The van der Waals surface area contributed by atoms with Crippen molar-refractivity contribution in [3.63, 3.8) is 0 Å². The Morgan fingerprint density at radius 1 is 1.06 bits per heavy atom. The predicted molar refractivity (Wildman–Crippen MR) is 111 cm³/mol. The molecule has 2 atom stereocenters. The van der Waals surface area contributed by atoms with Crippen LogP contribution in [0.1, 0.15) is 25.0 Å². The average Bonchev–Trinajstić information content (AvgIpc) is 3.46. The normalized spacial score (nSPS) is 12.6. The van der Waals surface area contributed by atoms with Crippen LogP contribution < -0.4 is 0 Å². The van der Waals surface area contributed by atoms with Crippen LogP contribution >= 0.6 is 0 Å². The topological polar surface area (TPSA) is 60.4 Å². The summed E-state index contributed by atoms with van der Waals surface area (Å²) < 4.78 is 18.5. The Labute approximate surface area is 191 Å². The van der Waals surface area contributed by atoms with Crippen molar-refractivity contribution in [2.75, 3.05) is 0 Å². The van der Waals surface area contributed by atoms with Gasteiger partial charge in [0.2, 0.25) is 5.78 Å². The fourth-order valence-corrected chi connectivity index (χ4v) is 2.84. The number of ether oxygens (including phenoxy) is 1. The van der Waals surface area contributed by atoms with Crippen LogP contribution in [0.2, 0.25) is 0 Å². The van der Waals surface area contributed by atoms with Crippen LogP contribution in [-0.4, -0.2) is 23.6 Å². The summed E-state index contributed by atoms with van der Waals surface area (Å²) in [6, 6.07) is 21.2. The Morgan fingerprint density at radius 2 is 1.55 bits per heavy atom. The maximum absolute atomic E-state index is 13.3. The quantitative estimate of drug-likeness (QED) is 0.140. The summed E-state index contributed by atoms with van der Waals surface area (Å²) in [5.41, 5.74) is -1.50. The van der Waals surface area contributed by atoms with Gasteiger partial charge in [0.05, 0.1) is 0 Å². The number of benzene rings is 1. The fraction of sp³-hybridized carbons (Fsp3) is 0.160. The maximum Gasteiger partial charge on any atom is 0.318 e. The first-order chi connectivity index (χ1) is 14.3. The van der Waals surface area contributed by atoms with Crippen LogP contribution in [-0.2, 0) is 41.6 Å². The number of rotatable bonds is 6. The number of hydrogen-bond donors (Lipinski definition) is 0. The molecule has 0 amide bonds. The molecule has 0 saturated carbocycles. The Hall–Kier alpha value is -3.26. The number of esters is 1. The van der Waals surface area contributed by atoms with Gasteiger partial charge in [0.1, 0.15) is 11.2 Å². The molecule has 0 saturated heterocycles. The molecule has 3 rings (SSSR count). The van der Waals surface area contributed by atoms with Crippen molar-refractivity contribution < 1.29 is 40.6 Å². The van der Waals surface area contributed by atoms with Gasteiger partial charge in [-0.3, -0.25) is 14.4 Å². The molecule has 0 heterocycles. The van der Waals surface area contributed by atoms with Crippen LogP contribution in [0.15, 0.2) is 78.9 Å². The Kier molecular flexibility index (Phi) is 9.82. The molecule has 3 aromatic carbocycles. The molecular formula is C25H21FFeO4-6. The summed E-state index contributed by atoms with van der Waals surface area (Å²) in [5, 5.41) is 0. The van der Waals surface area contributed by atoms with Crippen LogP contribution in [0.25, 0.3) is 0 Å². The summed E-state index contributed by atoms with van der Waals surface area (Å²) in [4.78, 5) is 37.1. The third-order valence-electron chi connectivity index (χ3n) is 4.56. The Bertz CT molecular complexity index is 997. The largest absolute Gasteiger partial charge is 0.748 e. The van der Waals surface area contributed by atoms with Crippen LogP contribution in [0.3, 0.4) is 0 Å². The summed E-state index contributed by atoms with van der Waals surface area (Å²) in [7, 11) is 0. The number of ketones is 2. The maximum atomic E-state index is 13.3. The zero-order valence-corrected chi connectivity index (χ0v) is 18.1. The predicted octanol–water partition coefficient (Wildman–Crippen LogP) is 3.96. The molecule has 31 heavy (non-hydrogen) atoms. The van der Waals surface area contributed by atoms with E-state index in [2.05, 4.69) is 0 Å². The second kappa shape index (κ2) is 11.8. The van der Waals surface area contributed by atoms with Gasteiger partial charge in [-0.1, -0.05) is 12.1 Å². The second-order valence-corrected chi connectivity index (χ2v) is 6.52. The van der Waals surface area contributed by atoms with Crippen molar-refractivity contribution >= 4 is 17.5 Å². The van der Waals surface area contributed by atoms with E-state index in [-0.39, 0.29) is 28.4 Å². The van der Waals surface area contributed by atoms with Gasteiger partial charge in [0.15, 0.2) is 11.9 Å². The minimum atomic E-state index is -1.96. The molecule has 0 aromatic heterocycles. The molecule has 0 radical (unpaired) electrons. The fourth-order valence-electron chi connectivity index (χ4n) is 2.84.